The van der Waals surface area contributed by atoms with Crippen LogP contribution in [0.3, 0.4) is 0 Å². The molecule has 2 aromatic carbocycles. The van der Waals surface area contributed by atoms with Gasteiger partial charge in [-0.2, -0.15) is 11.8 Å². The third-order valence-electron chi connectivity index (χ3n) is 4.20. The van der Waals surface area contributed by atoms with E-state index in [1.165, 1.54) is 17.1 Å². The van der Waals surface area contributed by atoms with E-state index in [1.807, 2.05) is 72.4 Å². The van der Waals surface area contributed by atoms with Gasteiger partial charge < -0.3 is 5.32 Å². The van der Waals surface area contributed by atoms with E-state index in [9.17, 15) is 4.79 Å². The molecular formula is C21H24N2OS. The SMILES string of the molecule is O=C(C/C=C/c1ccccc1)Nc1ccccc1CN1CCSCC1. The molecule has 0 spiro atoms. The number of para-hydroxylation sites is 1. The summed E-state index contributed by atoms with van der Waals surface area (Å²) in [7, 11) is 0. The average Bonchev–Trinajstić information content (AvgIpc) is 2.65. The Labute approximate surface area is 154 Å². The van der Waals surface area contributed by atoms with Gasteiger partial charge >= 0.3 is 0 Å². The smallest absolute Gasteiger partial charge is 0.228 e. The van der Waals surface area contributed by atoms with E-state index < -0.39 is 0 Å². The number of nitrogens with one attached hydrogen (secondary N) is 1. The Hall–Kier alpha value is -2.04. The molecule has 1 aliphatic heterocycles. The highest BCUT2D eigenvalue weighted by Gasteiger charge is 2.13. The summed E-state index contributed by atoms with van der Waals surface area (Å²) in [6.45, 7) is 3.14. The lowest BCUT2D eigenvalue weighted by molar-refractivity contribution is -0.115. The van der Waals surface area contributed by atoms with Gasteiger partial charge in [0, 0.05) is 43.2 Å². The van der Waals surface area contributed by atoms with Gasteiger partial charge in [-0.25, -0.2) is 0 Å². The Morgan fingerprint density at radius 1 is 1.04 bits per heavy atom. The lowest BCUT2D eigenvalue weighted by Crippen LogP contribution is -2.32. The Bertz CT molecular complexity index is 709. The lowest BCUT2D eigenvalue weighted by Gasteiger charge is -2.27. The fourth-order valence-electron chi connectivity index (χ4n) is 2.85. The maximum Gasteiger partial charge on any atom is 0.228 e. The molecule has 1 fully saturated rings. The van der Waals surface area contributed by atoms with Gasteiger partial charge in [-0.1, -0.05) is 60.7 Å². The molecule has 0 aliphatic carbocycles. The zero-order valence-electron chi connectivity index (χ0n) is 14.4. The van der Waals surface area contributed by atoms with Crippen LogP contribution >= 0.6 is 11.8 Å². The number of hydrogen-bond donors (Lipinski definition) is 1. The first-order chi connectivity index (χ1) is 12.3. The van der Waals surface area contributed by atoms with Crippen LogP contribution in [0.4, 0.5) is 5.69 Å². The van der Waals surface area contributed by atoms with Crippen molar-refractivity contribution in [2.75, 3.05) is 29.9 Å². The molecule has 0 atom stereocenters. The monoisotopic (exact) mass is 352 g/mol. The number of nitrogens with zero attached hydrogens (tertiary/aromatic N) is 1. The minimum absolute atomic E-state index is 0.0221. The Morgan fingerprint density at radius 2 is 1.76 bits per heavy atom. The second-order valence-electron chi connectivity index (χ2n) is 6.11. The molecule has 2 aromatic rings. The molecule has 4 heteroatoms. The average molecular weight is 353 g/mol. The highest BCUT2D eigenvalue weighted by atomic mass is 32.2. The van der Waals surface area contributed by atoms with E-state index in [0.717, 1.165) is 30.9 Å². The Balaban J connectivity index is 1.56. The quantitative estimate of drug-likeness (QED) is 0.842. The van der Waals surface area contributed by atoms with Gasteiger partial charge in [0.15, 0.2) is 0 Å². The minimum atomic E-state index is 0.0221. The van der Waals surface area contributed by atoms with E-state index in [2.05, 4.69) is 16.3 Å². The van der Waals surface area contributed by atoms with Crippen molar-refractivity contribution in [2.24, 2.45) is 0 Å². The second kappa shape index (κ2) is 9.44. The molecule has 3 rings (SSSR count). The number of rotatable bonds is 6. The summed E-state index contributed by atoms with van der Waals surface area (Å²) in [6.07, 6.45) is 4.27. The Kier molecular flexibility index (Phi) is 6.71. The van der Waals surface area contributed by atoms with Crippen molar-refractivity contribution in [3.05, 3.63) is 71.8 Å². The molecular weight excluding hydrogens is 328 g/mol. The van der Waals surface area contributed by atoms with Crippen molar-refractivity contribution >= 4 is 29.4 Å². The normalized spacial score (nSPS) is 15.4. The van der Waals surface area contributed by atoms with Gasteiger partial charge in [0.1, 0.15) is 0 Å². The van der Waals surface area contributed by atoms with Crippen LogP contribution in [0.1, 0.15) is 17.5 Å². The number of thioether (sulfide) groups is 1. The molecule has 1 N–H and O–H groups in total. The fraction of sp³-hybridized carbons (Fsp3) is 0.286. The van der Waals surface area contributed by atoms with E-state index in [1.54, 1.807) is 0 Å². The molecule has 1 amide bonds. The molecule has 0 aromatic heterocycles. The van der Waals surface area contributed by atoms with Crippen LogP contribution in [0.25, 0.3) is 6.08 Å². The maximum absolute atomic E-state index is 12.3. The van der Waals surface area contributed by atoms with Gasteiger partial charge in [-0.3, -0.25) is 9.69 Å². The number of carbonyl (C=O) groups excluding carboxylic acids is 1. The number of carbonyl (C=O) groups is 1. The predicted molar refractivity (Wildman–Crippen MR) is 108 cm³/mol. The summed E-state index contributed by atoms with van der Waals surface area (Å²) in [4.78, 5) is 14.7. The van der Waals surface area contributed by atoms with Gasteiger partial charge in [0.2, 0.25) is 5.91 Å². The molecule has 1 heterocycles. The third-order valence-corrected chi connectivity index (χ3v) is 5.14. The van der Waals surface area contributed by atoms with Crippen LogP contribution < -0.4 is 5.32 Å². The zero-order chi connectivity index (χ0) is 17.3. The van der Waals surface area contributed by atoms with Gasteiger partial charge in [0.05, 0.1) is 0 Å². The molecule has 1 saturated heterocycles. The predicted octanol–water partition coefficient (Wildman–Crippen LogP) is 4.28. The van der Waals surface area contributed by atoms with Crippen molar-refractivity contribution in [1.82, 2.24) is 4.90 Å². The molecule has 0 saturated carbocycles. The van der Waals surface area contributed by atoms with Crippen molar-refractivity contribution in [3.63, 3.8) is 0 Å². The fourth-order valence-corrected chi connectivity index (χ4v) is 3.83. The van der Waals surface area contributed by atoms with Crippen LogP contribution in [-0.2, 0) is 11.3 Å². The summed E-state index contributed by atoms with van der Waals surface area (Å²) in [5.74, 6) is 2.41. The van der Waals surface area contributed by atoms with Gasteiger partial charge in [0.25, 0.3) is 0 Å². The summed E-state index contributed by atoms with van der Waals surface area (Å²) >= 11 is 2.01. The first-order valence-corrected chi connectivity index (χ1v) is 9.86. The van der Waals surface area contributed by atoms with E-state index in [4.69, 9.17) is 0 Å². The highest BCUT2D eigenvalue weighted by molar-refractivity contribution is 7.99. The Morgan fingerprint density at radius 3 is 2.56 bits per heavy atom. The van der Waals surface area contributed by atoms with Crippen LogP contribution in [0, 0.1) is 0 Å². The summed E-state index contributed by atoms with van der Waals surface area (Å²) in [5.41, 5.74) is 3.23. The van der Waals surface area contributed by atoms with Gasteiger partial charge in [-0.05, 0) is 17.2 Å². The standard InChI is InChI=1S/C21H24N2OS/c24-21(12-6-9-18-7-2-1-3-8-18)22-20-11-5-4-10-19(20)17-23-13-15-25-16-14-23/h1-11H,12-17H2,(H,22,24)/b9-6+. The van der Waals surface area contributed by atoms with E-state index in [0.29, 0.717) is 6.42 Å². The third kappa shape index (κ3) is 5.76. The van der Waals surface area contributed by atoms with Crippen molar-refractivity contribution < 1.29 is 4.79 Å². The van der Waals surface area contributed by atoms with E-state index in [-0.39, 0.29) is 5.91 Å². The summed E-state index contributed by atoms with van der Waals surface area (Å²) in [5, 5.41) is 3.06. The molecule has 25 heavy (non-hydrogen) atoms. The van der Waals surface area contributed by atoms with Crippen LogP contribution in [0.5, 0.6) is 0 Å². The first kappa shape index (κ1) is 17.8. The molecule has 0 radical (unpaired) electrons. The van der Waals surface area contributed by atoms with Crippen LogP contribution in [0.2, 0.25) is 0 Å². The second-order valence-corrected chi connectivity index (χ2v) is 7.34. The van der Waals surface area contributed by atoms with Crippen molar-refractivity contribution in [3.8, 4) is 0 Å². The lowest BCUT2D eigenvalue weighted by atomic mass is 10.1. The summed E-state index contributed by atoms with van der Waals surface area (Å²) in [6, 6.07) is 18.2. The molecule has 0 bridgehead atoms. The molecule has 1 aliphatic rings. The zero-order valence-corrected chi connectivity index (χ0v) is 15.2. The topological polar surface area (TPSA) is 32.3 Å². The summed E-state index contributed by atoms with van der Waals surface area (Å²) < 4.78 is 0. The number of anilines is 1. The number of hydrogen-bond acceptors (Lipinski definition) is 3. The number of benzene rings is 2. The van der Waals surface area contributed by atoms with Crippen LogP contribution in [-0.4, -0.2) is 35.4 Å². The maximum atomic E-state index is 12.3. The highest BCUT2D eigenvalue weighted by Crippen LogP contribution is 2.20. The van der Waals surface area contributed by atoms with E-state index >= 15 is 0 Å². The molecule has 0 unspecified atom stereocenters. The van der Waals surface area contributed by atoms with Gasteiger partial charge in [-0.15, -0.1) is 0 Å². The first-order valence-electron chi connectivity index (χ1n) is 8.71. The van der Waals surface area contributed by atoms with Crippen molar-refractivity contribution in [2.45, 2.75) is 13.0 Å². The number of amides is 1. The molecule has 130 valence electrons. The van der Waals surface area contributed by atoms with Crippen LogP contribution in [0.15, 0.2) is 60.7 Å². The minimum Gasteiger partial charge on any atom is -0.326 e. The largest absolute Gasteiger partial charge is 0.326 e. The molecule has 3 nitrogen and oxygen atoms in total. The van der Waals surface area contributed by atoms with Crippen molar-refractivity contribution in [1.29, 1.82) is 0 Å².